The molecule has 0 aliphatic heterocycles. The first-order valence-electron chi connectivity index (χ1n) is 5.86. The summed E-state index contributed by atoms with van der Waals surface area (Å²) in [5.41, 5.74) is 1.36. The lowest BCUT2D eigenvalue weighted by Crippen LogP contribution is -2.04. The smallest absolute Gasteiger partial charge is 0.124 e. The van der Waals surface area contributed by atoms with Crippen molar-refractivity contribution in [2.45, 2.75) is 12.5 Å². The monoisotopic (exact) mass is 280 g/mol. The second-order valence-electron chi connectivity index (χ2n) is 4.23. The van der Waals surface area contributed by atoms with Crippen LogP contribution in [0.15, 0.2) is 42.5 Å². The van der Waals surface area contributed by atoms with Gasteiger partial charge in [-0.15, -0.1) is 0 Å². The molecule has 1 unspecified atom stereocenters. The number of rotatable bonds is 4. The molecule has 0 aliphatic carbocycles. The first kappa shape index (κ1) is 13.8. The van der Waals surface area contributed by atoms with Crippen LogP contribution in [-0.2, 0) is 6.42 Å². The zero-order valence-electron chi connectivity index (χ0n) is 10.4. The molecule has 0 aliphatic rings. The van der Waals surface area contributed by atoms with Crippen molar-refractivity contribution in [3.8, 4) is 5.75 Å². The molecule has 0 saturated heterocycles. The van der Waals surface area contributed by atoms with Gasteiger partial charge in [-0.1, -0.05) is 23.7 Å². The number of hydrogen-bond donors (Lipinski definition) is 1. The Morgan fingerprint density at radius 3 is 2.53 bits per heavy atom. The second kappa shape index (κ2) is 6.04. The van der Waals surface area contributed by atoms with E-state index in [0.717, 1.165) is 5.56 Å². The molecule has 0 spiro atoms. The van der Waals surface area contributed by atoms with Gasteiger partial charge in [0, 0.05) is 17.0 Å². The average Bonchev–Trinajstić information content (AvgIpc) is 2.41. The van der Waals surface area contributed by atoms with Gasteiger partial charge in [-0.2, -0.15) is 0 Å². The van der Waals surface area contributed by atoms with E-state index in [9.17, 15) is 9.50 Å². The summed E-state index contributed by atoms with van der Waals surface area (Å²) in [7, 11) is 1.49. The van der Waals surface area contributed by atoms with Crippen LogP contribution >= 0.6 is 11.6 Å². The molecule has 2 rings (SSSR count). The Bertz CT molecular complexity index is 555. The Labute approximate surface area is 116 Å². The van der Waals surface area contributed by atoms with Crippen molar-refractivity contribution in [3.63, 3.8) is 0 Å². The predicted molar refractivity (Wildman–Crippen MR) is 73.1 cm³/mol. The van der Waals surface area contributed by atoms with E-state index >= 15 is 0 Å². The van der Waals surface area contributed by atoms with E-state index in [-0.39, 0.29) is 0 Å². The van der Waals surface area contributed by atoms with Crippen molar-refractivity contribution in [3.05, 3.63) is 64.4 Å². The van der Waals surface area contributed by atoms with Gasteiger partial charge in [-0.25, -0.2) is 4.39 Å². The Hall–Kier alpha value is -1.58. The lowest BCUT2D eigenvalue weighted by Gasteiger charge is -2.15. The summed E-state index contributed by atoms with van der Waals surface area (Å²) in [5, 5.41) is 10.8. The van der Waals surface area contributed by atoms with Crippen LogP contribution in [0, 0.1) is 5.82 Å². The zero-order chi connectivity index (χ0) is 13.8. The van der Waals surface area contributed by atoms with Crippen LogP contribution in [0.1, 0.15) is 17.2 Å². The van der Waals surface area contributed by atoms with Crippen LogP contribution in [0.25, 0.3) is 0 Å². The van der Waals surface area contributed by atoms with E-state index in [0.29, 0.717) is 22.8 Å². The van der Waals surface area contributed by atoms with Crippen molar-refractivity contribution < 1.29 is 14.2 Å². The van der Waals surface area contributed by atoms with Gasteiger partial charge in [0.2, 0.25) is 0 Å². The van der Waals surface area contributed by atoms with Crippen molar-refractivity contribution in [1.29, 1.82) is 0 Å². The summed E-state index contributed by atoms with van der Waals surface area (Å²) in [6, 6.07) is 11.3. The van der Waals surface area contributed by atoms with Crippen LogP contribution < -0.4 is 4.74 Å². The van der Waals surface area contributed by atoms with Gasteiger partial charge >= 0.3 is 0 Å². The third-order valence-electron chi connectivity index (χ3n) is 2.89. The fraction of sp³-hybridized carbons (Fsp3) is 0.200. The molecule has 19 heavy (non-hydrogen) atoms. The molecule has 100 valence electrons. The van der Waals surface area contributed by atoms with Gasteiger partial charge in [0.15, 0.2) is 0 Å². The van der Waals surface area contributed by atoms with E-state index in [1.807, 2.05) is 12.1 Å². The third-order valence-corrected chi connectivity index (χ3v) is 3.15. The molecule has 1 N–H and O–H groups in total. The number of ether oxygens (including phenoxy) is 1. The van der Waals surface area contributed by atoms with E-state index in [4.69, 9.17) is 16.3 Å². The molecule has 2 aromatic rings. The highest BCUT2D eigenvalue weighted by Gasteiger charge is 2.15. The number of aliphatic hydroxyl groups excluding tert-OH is 1. The molecule has 0 amide bonds. The maximum atomic E-state index is 13.3. The molecule has 4 heteroatoms. The van der Waals surface area contributed by atoms with E-state index in [1.165, 1.54) is 25.3 Å². The molecule has 0 fully saturated rings. The first-order chi connectivity index (χ1) is 9.10. The fourth-order valence-electron chi connectivity index (χ4n) is 1.92. The third kappa shape index (κ3) is 3.46. The standard InChI is InChI=1S/C15H14ClFO2/c1-19-15-7-6-12(17)9-13(15)14(18)8-10-2-4-11(16)5-3-10/h2-7,9,14,18H,8H2,1H3. The number of methoxy groups -OCH3 is 1. The van der Waals surface area contributed by atoms with Crippen LogP contribution in [0.4, 0.5) is 4.39 Å². The SMILES string of the molecule is COc1ccc(F)cc1C(O)Cc1ccc(Cl)cc1. The molecule has 1 atom stereocenters. The van der Waals surface area contributed by atoms with Crippen LogP contribution in [0.2, 0.25) is 5.02 Å². The summed E-state index contributed by atoms with van der Waals surface area (Å²) in [6.45, 7) is 0. The molecular formula is C15H14ClFO2. The summed E-state index contributed by atoms with van der Waals surface area (Å²) in [6.07, 6.45) is -0.455. The van der Waals surface area contributed by atoms with Gasteiger partial charge in [0.25, 0.3) is 0 Å². The van der Waals surface area contributed by atoms with Gasteiger partial charge in [-0.05, 0) is 35.9 Å². The van der Waals surface area contributed by atoms with Gasteiger partial charge in [-0.3, -0.25) is 0 Å². The summed E-state index contributed by atoms with van der Waals surface area (Å²) < 4.78 is 18.4. The first-order valence-corrected chi connectivity index (χ1v) is 6.24. The van der Waals surface area contributed by atoms with Gasteiger partial charge in [0.1, 0.15) is 11.6 Å². The highest BCUT2D eigenvalue weighted by Crippen LogP contribution is 2.28. The van der Waals surface area contributed by atoms with Crippen LogP contribution in [0.3, 0.4) is 0 Å². The average molecular weight is 281 g/mol. The zero-order valence-corrected chi connectivity index (χ0v) is 11.2. The van der Waals surface area contributed by atoms with E-state index < -0.39 is 11.9 Å². The van der Waals surface area contributed by atoms with Crippen LogP contribution in [-0.4, -0.2) is 12.2 Å². The minimum atomic E-state index is -0.827. The van der Waals surface area contributed by atoms with Crippen molar-refractivity contribution in [1.82, 2.24) is 0 Å². The van der Waals surface area contributed by atoms with Gasteiger partial charge in [0.05, 0.1) is 13.2 Å². The number of halogens is 2. The van der Waals surface area contributed by atoms with E-state index in [1.54, 1.807) is 12.1 Å². The minimum Gasteiger partial charge on any atom is -0.496 e. The topological polar surface area (TPSA) is 29.5 Å². The second-order valence-corrected chi connectivity index (χ2v) is 4.67. The Morgan fingerprint density at radius 1 is 1.21 bits per heavy atom. The summed E-state index contributed by atoms with van der Waals surface area (Å²) in [5.74, 6) is 0.0776. The highest BCUT2D eigenvalue weighted by atomic mass is 35.5. The molecule has 0 heterocycles. The molecular weight excluding hydrogens is 267 g/mol. The Morgan fingerprint density at radius 2 is 1.89 bits per heavy atom. The minimum absolute atomic E-state index is 0.372. The maximum Gasteiger partial charge on any atom is 0.124 e. The largest absolute Gasteiger partial charge is 0.496 e. The molecule has 0 aromatic heterocycles. The Kier molecular flexibility index (Phi) is 4.40. The summed E-state index contributed by atoms with van der Waals surface area (Å²) in [4.78, 5) is 0. The lowest BCUT2D eigenvalue weighted by atomic mass is 10.0. The number of benzene rings is 2. The van der Waals surface area contributed by atoms with Crippen molar-refractivity contribution >= 4 is 11.6 Å². The lowest BCUT2D eigenvalue weighted by molar-refractivity contribution is 0.173. The fourth-order valence-corrected chi connectivity index (χ4v) is 2.05. The molecule has 0 saturated carbocycles. The number of hydrogen-bond acceptors (Lipinski definition) is 2. The molecule has 2 aromatic carbocycles. The highest BCUT2D eigenvalue weighted by molar-refractivity contribution is 6.30. The van der Waals surface area contributed by atoms with Gasteiger partial charge < -0.3 is 9.84 Å². The molecule has 2 nitrogen and oxygen atoms in total. The molecule has 0 bridgehead atoms. The maximum absolute atomic E-state index is 13.3. The van der Waals surface area contributed by atoms with Crippen molar-refractivity contribution in [2.24, 2.45) is 0 Å². The normalized spacial score (nSPS) is 12.2. The van der Waals surface area contributed by atoms with Crippen molar-refractivity contribution in [2.75, 3.05) is 7.11 Å². The molecule has 0 radical (unpaired) electrons. The number of aliphatic hydroxyl groups is 1. The Balaban J connectivity index is 2.21. The predicted octanol–water partition coefficient (Wildman–Crippen LogP) is 3.76. The van der Waals surface area contributed by atoms with E-state index in [2.05, 4.69) is 0 Å². The quantitative estimate of drug-likeness (QED) is 0.924. The summed E-state index contributed by atoms with van der Waals surface area (Å²) >= 11 is 5.80. The van der Waals surface area contributed by atoms with Crippen LogP contribution in [0.5, 0.6) is 5.75 Å².